The predicted octanol–water partition coefficient (Wildman–Crippen LogP) is 6.21. The lowest BCUT2D eigenvalue weighted by atomic mass is 9.84. The summed E-state index contributed by atoms with van der Waals surface area (Å²) in [7, 11) is 1.66. The number of carbonyl (C=O) groups excluding carboxylic acids is 2. The van der Waals surface area contributed by atoms with Crippen molar-refractivity contribution < 1.29 is 14.3 Å². The van der Waals surface area contributed by atoms with Crippen LogP contribution in [0.1, 0.15) is 56.6 Å². The van der Waals surface area contributed by atoms with Gasteiger partial charge in [-0.3, -0.25) is 9.59 Å². The fourth-order valence-electron chi connectivity index (χ4n) is 5.58. The zero-order valence-corrected chi connectivity index (χ0v) is 23.7. The van der Waals surface area contributed by atoms with Crippen molar-refractivity contribution in [3.63, 3.8) is 0 Å². The number of carbonyl (C=O) groups is 2. The Labute approximate surface area is 227 Å². The number of piperazine rings is 1. The average Bonchev–Trinajstić information content (AvgIpc) is 3.24. The summed E-state index contributed by atoms with van der Waals surface area (Å²) in [5.74, 6) is 1.35. The van der Waals surface area contributed by atoms with Crippen molar-refractivity contribution >= 4 is 11.8 Å². The van der Waals surface area contributed by atoms with Crippen LogP contribution in [0.5, 0.6) is 5.75 Å². The van der Waals surface area contributed by atoms with Crippen LogP contribution >= 0.6 is 0 Å². The highest BCUT2D eigenvalue weighted by molar-refractivity contribution is 5.97. The molecule has 0 spiro atoms. The number of hydrogen-bond donors (Lipinski definition) is 0. The Kier molecular flexibility index (Phi) is 8.29. The molecule has 38 heavy (non-hydrogen) atoms. The summed E-state index contributed by atoms with van der Waals surface area (Å²) in [4.78, 5) is 30.5. The van der Waals surface area contributed by atoms with Gasteiger partial charge in [0, 0.05) is 44.0 Å². The molecule has 0 aliphatic carbocycles. The van der Waals surface area contributed by atoms with Crippen molar-refractivity contribution in [2.45, 2.75) is 47.5 Å². The van der Waals surface area contributed by atoms with Crippen LogP contribution in [-0.2, 0) is 4.79 Å². The van der Waals surface area contributed by atoms with E-state index < -0.39 is 0 Å². The van der Waals surface area contributed by atoms with Gasteiger partial charge in [-0.2, -0.15) is 0 Å². The quantitative estimate of drug-likeness (QED) is 0.376. The zero-order chi connectivity index (χ0) is 27.4. The Balaban J connectivity index is 1.52. The monoisotopic (exact) mass is 515 g/mol. The normalized spacial score (nSPS) is 14.9. The second kappa shape index (κ2) is 11.5. The van der Waals surface area contributed by atoms with E-state index >= 15 is 0 Å². The summed E-state index contributed by atoms with van der Waals surface area (Å²) in [6.45, 7) is 13.1. The number of hydrogen-bond acceptors (Lipinski definition) is 3. The van der Waals surface area contributed by atoms with Gasteiger partial charge >= 0.3 is 0 Å². The van der Waals surface area contributed by atoms with Crippen molar-refractivity contribution in [3.8, 4) is 22.7 Å². The van der Waals surface area contributed by atoms with Gasteiger partial charge in [0.15, 0.2) is 0 Å². The van der Waals surface area contributed by atoms with E-state index in [9.17, 15) is 9.59 Å². The first-order valence-corrected chi connectivity index (χ1v) is 13.6. The molecule has 4 rings (SSSR count). The van der Waals surface area contributed by atoms with E-state index in [4.69, 9.17) is 4.74 Å². The highest BCUT2D eigenvalue weighted by Gasteiger charge is 2.29. The average molecular weight is 516 g/mol. The summed E-state index contributed by atoms with van der Waals surface area (Å²) in [6, 6.07) is 20.0. The summed E-state index contributed by atoms with van der Waals surface area (Å²) < 4.78 is 7.48. The molecule has 6 heteroatoms. The smallest absolute Gasteiger partial charge is 0.255 e. The van der Waals surface area contributed by atoms with Crippen LogP contribution in [0.2, 0.25) is 0 Å². The summed E-state index contributed by atoms with van der Waals surface area (Å²) in [5.41, 5.74) is 4.79. The van der Waals surface area contributed by atoms with Crippen molar-refractivity contribution in [2.75, 3.05) is 33.3 Å². The van der Waals surface area contributed by atoms with Crippen molar-refractivity contribution in [1.29, 1.82) is 0 Å². The molecule has 0 radical (unpaired) electrons. The van der Waals surface area contributed by atoms with Gasteiger partial charge < -0.3 is 19.1 Å². The molecule has 1 saturated heterocycles. The minimum atomic E-state index is 0.0140. The molecule has 3 aromatic rings. The van der Waals surface area contributed by atoms with Crippen molar-refractivity contribution in [3.05, 3.63) is 71.9 Å². The van der Waals surface area contributed by atoms with Gasteiger partial charge in [0.25, 0.3) is 5.91 Å². The molecule has 1 fully saturated rings. The number of ether oxygens (including phenoxy) is 1. The van der Waals surface area contributed by atoms with Crippen LogP contribution in [0.4, 0.5) is 0 Å². The van der Waals surface area contributed by atoms with Crippen LogP contribution in [0.25, 0.3) is 16.9 Å². The molecule has 0 bridgehead atoms. The fourth-order valence-corrected chi connectivity index (χ4v) is 5.58. The number of benzene rings is 2. The van der Waals surface area contributed by atoms with E-state index in [1.807, 2.05) is 65.3 Å². The van der Waals surface area contributed by atoms with Gasteiger partial charge in [-0.05, 0) is 72.7 Å². The highest BCUT2D eigenvalue weighted by atomic mass is 16.5. The van der Waals surface area contributed by atoms with E-state index in [2.05, 4.69) is 44.4 Å². The zero-order valence-electron chi connectivity index (χ0n) is 23.7. The maximum atomic E-state index is 13.7. The molecule has 6 nitrogen and oxygen atoms in total. The third-order valence-corrected chi connectivity index (χ3v) is 7.28. The highest BCUT2D eigenvalue weighted by Crippen LogP contribution is 2.32. The van der Waals surface area contributed by atoms with Crippen LogP contribution in [0.3, 0.4) is 0 Å². The number of methoxy groups -OCH3 is 1. The molecule has 1 atom stereocenters. The number of nitrogens with zero attached hydrogens (tertiary/aromatic N) is 3. The summed E-state index contributed by atoms with van der Waals surface area (Å²) in [6.07, 6.45) is 1.58. The second-order valence-electron chi connectivity index (χ2n) is 11.7. The lowest BCUT2D eigenvalue weighted by molar-refractivity contribution is -0.133. The predicted molar refractivity (Wildman–Crippen MR) is 153 cm³/mol. The molecule has 0 saturated carbocycles. The number of para-hydroxylation sites is 1. The maximum absolute atomic E-state index is 13.7. The molecule has 1 aromatic heterocycles. The fraction of sp³-hybridized carbons (Fsp3) is 0.438. The van der Waals surface area contributed by atoms with Gasteiger partial charge in [-0.25, -0.2) is 0 Å². The van der Waals surface area contributed by atoms with Gasteiger partial charge in [0.05, 0.1) is 18.4 Å². The molecule has 0 N–H and O–H groups in total. The molecule has 2 amide bonds. The topological polar surface area (TPSA) is 54.8 Å². The van der Waals surface area contributed by atoms with E-state index in [-0.39, 0.29) is 17.2 Å². The van der Waals surface area contributed by atoms with E-state index in [1.165, 1.54) is 0 Å². The minimum Gasteiger partial charge on any atom is -0.497 e. The largest absolute Gasteiger partial charge is 0.497 e. The number of aromatic nitrogens is 1. The van der Waals surface area contributed by atoms with Crippen molar-refractivity contribution in [2.24, 2.45) is 11.3 Å². The summed E-state index contributed by atoms with van der Waals surface area (Å²) in [5, 5.41) is 0. The third kappa shape index (κ3) is 6.29. The van der Waals surface area contributed by atoms with Gasteiger partial charge in [0.2, 0.25) is 5.91 Å². The van der Waals surface area contributed by atoms with E-state index in [1.54, 1.807) is 7.11 Å². The van der Waals surface area contributed by atoms with Crippen molar-refractivity contribution in [1.82, 2.24) is 14.4 Å². The summed E-state index contributed by atoms with van der Waals surface area (Å²) >= 11 is 0. The number of amides is 2. The molecule has 202 valence electrons. The molecular formula is C32H41N3O3. The SMILES string of the molecule is COc1ccc(-c2cc(C(=O)N3CCN(C(=O)CC(C)CC(C)(C)C)CC3)c(C)n2-c2ccccc2)cc1. The standard InChI is InChI=1S/C32H41N3O3/c1-23(22-32(3,4)5)20-30(36)33-16-18-34(19-17-33)31(37)28-21-29(25-12-14-27(38-6)15-13-25)35(24(28)2)26-10-8-7-9-11-26/h7-15,21,23H,16-20,22H2,1-6H3. The Bertz CT molecular complexity index is 1250. The van der Waals surface area contributed by atoms with Crippen LogP contribution in [0.15, 0.2) is 60.7 Å². The second-order valence-corrected chi connectivity index (χ2v) is 11.7. The first-order chi connectivity index (χ1) is 18.1. The Morgan fingerprint density at radius 2 is 1.53 bits per heavy atom. The lowest BCUT2D eigenvalue weighted by Crippen LogP contribution is -2.50. The first-order valence-electron chi connectivity index (χ1n) is 13.6. The molecule has 2 heterocycles. The van der Waals surface area contributed by atoms with Crippen LogP contribution in [-0.4, -0.2) is 59.5 Å². The number of rotatable bonds is 7. The van der Waals surface area contributed by atoms with E-state index in [0.29, 0.717) is 44.1 Å². The molecule has 2 aromatic carbocycles. The van der Waals surface area contributed by atoms with Gasteiger partial charge in [-0.1, -0.05) is 45.9 Å². The molecule has 1 aliphatic heterocycles. The molecule has 1 unspecified atom stereocenters. The molecular weight excluding hydrogens is 474 g/mol. The Hall–Kier alpha value is -3.54. The maximum Gasteiger partial charge on any atom is 0.255 e. The van der Waals surface area contributed by atoms with Crippen LogP contribution < -0.4 is 4.74 Å². The lowest BCUT2D eigenvalue weighted by Gasteiger charge is -2.35. The molecule has 1 aliphatic rings. The Morgan fingerprint density at radius 3 is 2.11 bits per heavy atom. The van der Waals surface area contributed by atoms with E-state index in [0.717, 1.165) is 34.8 Å². The first kappa shape index (κ1) is 27.5. The van der Waals surface area contributed by atoms with Gasteiger partial charge in [-0.15, -0.1) is 0 Å². The third-order valence-electron chi connectivity index (χ3n) is 7.28. The van der Waals surface area contributed by atoms with Crippen LogP contribution in [0, 0.1) is 18.3 Å². The minimum absolute atomic E-state index is 0.0140. The van der Waals surface area contributed by atoms with Gasteiger partial charge in [0.1, 0.15) is 5.75 Å². The Morgan fingerprint density at radius 1 is 0.921 bits per heavy atom.